The van der Waals surface area contributed by atoms with E-state index >= 15 is 0 Å². The van der Waals surface area contributed by atoms with E-state index in [4.69, 9.17) is 4.74 Å². The molecule has 0 aliphatic carbocycles. The molecular weight excluding hydrogens is 500 g/mol. The molecule has 0 saturated heterocycles. The van der Waals surface area contributed by atoms with Crippen molar-refractivity contribution in [3.63, 3.8) is 0 Å². The highest BCUT2D eigenvalue weighted by atomic mass is 19.4. The average molecular weight is 525 g/mol. The Bertz CT molecular complexity index is 1210. The first-order chi connectivity index (χ1) is 17.5. The van der Waals surface area contributed by atoms with Gasteiger partial charge in [-0.2, -0.15) is 0 Å². The van der Waals surface area contributed by atoms with Gasteiger partial charge in [0.05, 0.1) is 6.04 Å². The summed E-state index contributed by atoms with van der Waals surface area (Å²) in [5.41, 5.74) is 3.84. The van der Waals surface area contributed by atoms with E-state index < -0.39 is 12.7 Å². The van der Waals surface area contributed by atoms with Crippen LogP contribution in [0.3, 0.4) is 0 Å². The highest BCUT2D eigenvalue weighted by Crippen LogP contribution is 2.44. The van der Waals surface area contributed by atoms with Crippen molar-refractivity contribution in [2.45, 2.75) is 38.0 Å². The number of hydrogen-bond acceptors (Lipinski definition) is 4. The summed E-state index contributed by atoms with van der Waals surface area (Å²) in [5, 5.41) is 0. The van der Waals surface area contributed by atoms with E-state index in [2.05, 4.69) is 14.4 Å². The molecule has 0 saturated carbocycles. The van der Waals surface area contributed by atoms with Gasteiger partial charge in [-0.05, 0) is 71.8 Å². The summed E-state index contributed by atoms with van der Waals surface area (Å²) < 4.78 is 90.1. The minimum Gasteiger partial charge on any atom is -0.406 e. The van der Waals surface area contributed by atoms with Crippen molar-refractivity contribution < 1.29 is 40.6 Å². The molecule has 1 heterocycles. The Morgan fingerprint density at radius 1 is 0.838 bits per heavy atom. The third kappa shape index (κ3) is 6.88. The molecular formula is C27H25F6NO3. The largest absolute Gasteiger partial charge is 0.573 e. The number of halogens is 6. The van der Waals surface area contributed by atoms with Gasteiger partial charge in [-0.25, -0.2) is 0 Å². The number of hydrogen-bond donors (Lipinski definition) is 0. The lowest BCUT2D eigenvalue weighted by molar-refractivity contribution is -0.275. The Kier molecular flexibility index (Phi) is 7.87. The Balaban J connectivity index is 1.71. The van der Waals surface area contributed by atoms with Crippen LogP contribution in [-0.2, 0) is 11.2 Å². The lowest BCUT2D eigenvalue weighted by atomic mass is 9.86. The van der Waals surface area contributed by atoms with Gasteiger partial charge in [0, 0.05) is 25.9 Å². The number of ether oxygens (including phenoxy) is 3. The van der Waals surface area contributed by atoms with E-state index in [1.54, 1.807) is 19.2 Å². The second-order valence-corrected chi connectivity index (χ2v) is 8.59. The summed E-state index contributed by atoms with van der Waals surface area (Å²) in [6, 6.07) is 17.1. The van der Waals surface area contributed by atoms with Crippen molar-refractivity contribution in [1.82, 2.24) is 0 Å². The van der Waals surface area contributed by atoms with Crippen LogP contribution >= 0.6 is 0 Å². The van der Waals surface area contributed by atoms with Crippen LogP contribution < -0.4 is 14.4 Å². The fourth-order valence-corrected chi connectivity index (χ4v) is 4.76. The highest BCUT2D eigenvalue weighted by Gasteiger charge is 2.33. The van der Waals surface area contributed by atoms with Crippen LogP contribution in [0.2, 0.25) is 0 Å². The normalized spacial score (nSPS) is 15.9. The molecule has 0 radical (unpaired) electrons. The molecule has 1 aliphatic heterocycles. The van der Waals surface area contributed by atoms with Crippen LogP contribution in [-0.4, -0.2) is 33.0 Å². The molecule has 0 amide bonds. The number of benzene rings is 3. The topological polar surface area (TPSA) is 30.9 Å². The van der Waals surface area contributed by atoms with Gasteiger partial charge in [0.1, 0.15) is 11.5 Å². The van der Waals surface area contributed by atoms with Crippen molar-refractivity contribution in [1.29, 1.82) is 0 Å². The van der Waals surface area contributed by atoms with Crippen LogP contribution in [0.5, 0.6) is 11.5 Å². The molecule has 10 heteroatoms. The van der Waals surface area contributed by atoms with Gasteiger partial charge in [-0.15, -0.1) is 26.3 Å². The SMILES string of the molecule is COCCCN1c2cccc(-c3cccc(OC(F)(F)F)c3)c2CC[C@H]1c1cccc(OC(F)(F)F)c1. The molecule has 3 aromatic carbocycles. The Morgan fingerprint density at radius 2 is 1.49 bits per heavy atom. The standard InChI is InChI=1S/C27H25F6NO3/c1-35-15-5-14-34-24(19-7-3-9-21(17-19)37-27(31,32)33)13-12-23-22(10-4-11-25(23)34)18-6-2-8-20(16-18)36-26(28,29)30/h2-4,6-11,16-17,24H,5,12-15H2,1H3/t24-/m0/s1. The number of fused-ring (bicyclic) bond motifs is 1. The molecule has 0 spiro atoms. The van der Waals surface area contributed by atoms with Crippen LogP contribution in [0.4, 0.5) is 32.0 Å². The van der Waals surface area contributed by atoms with Crippen LogP contribution in [0, 0.1) is 0 Å². The zero-order valence-corrected chi connectivity index (χ0v) is 19.9. The molecule has 0 bridgehead atoms. The summed E-state index contributed by atoms with van der Waals surface area (Å²) in [4.78, 5) is 2.12. The minimum absolute atomic E-state index is 0.226. The second kappa shape index (κ2) is 10.9. The first kappa shape index (κ1) is 26.7. The number of anilines is 1. The molecule has 0 unspecified atom stereocenters. The Hall–Kier alpha value is -3.40. The first-order valence-corrected chi connectivity index (χ1v) is 11.6. The molecule has 0 N–H and O–H groups in total. The number of methoxy groups -OCH3 is 1. The molecule has 37 heavy (non-hydrogen) atoms. The fraction of sp³-hybridized carbons (Fsp3) is 0.333. The van der Waals surface area contributed by atoms with Crippen LogP contribution in [0.15, 0.2) is 66.7 Å². The molecule has 4 nitrogen and oxygen atoms in total. The zero-order chi connectivity index (χ0) is 26.6. The van der Waals surface area contributed by atoms with Gasteiger partial charge < -0.3 is 19.1 Å². The van der Waals surface area contributed by atoms with E-state index in [-0.39, 0.29) is 17.5 Å². The molecule has 0 aromatic heterocycles. The molecule has 198 valence electrons. The zero-order valence-electron chi connectivity index (χ0n) is 19.9. The molecule has 1 atom stereocenters. The summed E-state index contributed by atoms with van der Waals surface area (Å²) in [6.07, 6.45) is -7.76. The quantitative estimate of drug-likeness (QED) is 0.223. The van der Waals surface area contributed by atoms with E-state index in [1.807, 2.05) is 18.2 Å². The highest BCUT2D eigenvalue weighted by molar-refractivity contribution is 5.76. The van der Waals surface area contributed by atoms with Gasteiger partial charge in [0.15, 0.2) is 0 Å². The summed E-state index contributed by atoms with van der Waals surface area (Å²) in [7, 11) is 1.59. The maximum atomic E-state index is 12.8. The Morgan fingerprint density at radius 3 is 2.16 bits per heavy atom. The van der Waals surface area contributed by atoms with Crippen molar-refractivity contribution in [3.8, 4) is 22.6 Å². The molecule has 0 fully saturated rings. The smallest absolute Gasteiger partial charge is 0.406 e. The third-order valence-corrected chi connectivity index (χ3v) is 6.11. The molecule has 1 aliphatic rings. The van der Waals surface area contributed by atoms with Crippen molar-refractivity contribution in [2.24, 2.45) is 0 Å². The van der Waals surface area contributed by atoms with E-state index in [0.717, 1.165) is 16.8 Å². The lowest BCUT2D eigenvalue weighted by Gasteiger charge is -2.40. The van der Waals surface area contributed by atoms with Crippen molar-refractivity contribution in [2.75, 3.05) is 25.2 Å². The van der Waals surface area contributed by atoms with E-state index in [0.29, 0.717) is 43.5 Å². The second-order valence-electron chi connectivity index (χ2n) is 8.59. The Labute approximate surface area is 210 Å². The summed E-state index contributed by atoms with van der Waals surface area (Å²) in [5.74, 6) is -0.599. The van der Waals surface area contributed by atoms with E-state index in [9.17, 15) is 26.3 Å². The maximum Gasteiger partial charge on any atom is 0.573 e. The van der Waals surface area contributed by atoms with Crippen molar-refractivity contribution >= 4 is 5.69 Å². The van der Waals surface area contributed by atoms with Crippen LogP contribution in [0.25, 0.3) is 11.1 Å². The predicted octanol–water partition coefficient (Wildman–Crippen LogP) is 7.68. The molecule has 4 rings (SSSR count). The predicted molar refractivity (Wildman–Crippen MR) is 127 cm³/mol. The summed E-state index contributed by atoms with van der Waals surface area (Å²) >= 11 is 0. The number of rotatable bonds is 8. The maximum absolute atomic E-state index is 12.8. The van der Waals surface area contributed by atoms with Gasteiger partial charge in [-0.3, -0.25) is 0 Å². The van der Waals surface area contributed by atoms with Gasteiger partial charge in [-0.1, -0.05) is 36.4 Å². The van der Waals surface area contributed by atoms with Crippen molar-refractivity contribution in [3.05, 3.63) is 77.9 Å². The first-order valence-electron chi connectivity index (χ1n) is 11.6. The van der Waals surface area contributed by atoms with Gasteiger partial charge >= 0.3 is 12.7 Å². The van der Waals surface area contributed by atoms with Gasteiger partial charge in [0.2, 0.25) is 0 Å². The van der Waals surface area contributed by atoms with Crippen LogP contribution in [0.1, 0.15) is 30.0 Å². The minimum atomic E-state index is -4.80. The third-order valence-electron chi connectivity index (χ3n) is 6.11. The van der Waals surface area contributed by atoms with E-state index in [1.165, 1.54) is 36.4 Å². The average Bonchev–Trinajstić information content (AvgIpc) is 2.82. The monoisotopic (exact) mass is 525 g/mol. The number of alkyl halides is 6. The number of nitrogens with zero attached hydrogens (tertiary/aromatic N) is 1. The van der Waals surface area contributed by atoms with Gasteiger partial charge in [0.25, 0.3) is 0 Å². The molecule has 3 aromatic rings. The fourth-order valence-electron chi connectivity index (χ4n) is 4.76. The lowest BCUT2D eigenvalue weighted by Crippen LogP contribution is -2.34. The summed E-state index contributed by atoms with van der Waals surface area (Å²) in [6.45, 7) is 1.06.